The highest BCUT2D eigenvalue weighted by Gasteiger charge is 2.35. The number of hydrogen-bond donors (Lipinski definition) is 2. The van der Waals surface area contributed by atoms with Crippen molar-refractivity contribution in [3.63, 3.8) is 0 Å². The van der Waals surface area contributed by atoms with Crippen LogP contribution < -0.4 is 15.2 Å². The van der Waals surface area contributed by atoms with Gasteiger partial charge in [-0.05, 0) is 30.7 Å². The number of phenolic OH excluding ortho intramolecular Hbond substituents is 1. The number of carbonyl (C=O) groups excluding carboxylic acids is 2. The largest absolute Gasteiger partial charge is 0.507 e. The molecule has 3 aromatic carbocycles. The molecular formula is C25H23NO5. The van der Waals surface area contributed by atoms with Crippen LogP contribution in [0.4, 0.5) is 5.69 Å². The number of nitrogens with two attached hydrogens (primary N) is 1. The number of hydrogen-bond acceptors (Lipinski definition) is 6. The normalized spacial score (nSPS) is 12.3. The van der Waals surface area contributed by atoms with Crippen LogP contribution in [0, 0.1) is 0 Å². The number of anilines is 1. The standard InChI is InChI=1S/C25H23NO5/c1-2-3-6-13-30-15-9-11-16(12-10-15)31-20-14-19(27)21-22(23(20)26)25(29)18-8-5-4-7-17(18)24(21)28/h4-5,7-12,14,27H,2-3,6,13,26H2,1H3. The Morgan fingerprint density at radius 2 is 1.48 bits per heavy atom. The third-order valence-electron chi connectivity index (χ3n) is 5.25. The maximum atomic E-state index is 13.0. The molecule has 0 unspecified atom stereocenters. The Morgan fingerprint density at radius 3 is 2.13 bits per heavy atom. The van der Waals surface area contributed by atoms with Crippen LogP contribution in [-0.2, 0) is 0 Å². The summed E-state index contributed by atoms with van der Waals surface area (Å²) >= 11 is 0. The number of carbonyl (C=O) groups is 2. The summed E-state index contributed by atoms with van der Waals surface area (Å²) < 4.78 is 11.5. The van der Waals surface area contributed by atoms with Crippen molar-refractivity contribution in [1.82, 2.24) is 0 Å². The Hall–Kier alpha value is -3.80. The van der Waals surface area contributed by atoms with E-state index in [0.29, 0.717) is 12.4 Å². The molecule has 4 rings (SSSR count). The third-order valence-corrected chi connectivity index (χ3v) is 5.25. The van der Waals surface area contributed by atoms with E-state index in [1.54, 1.807) is 48.5 Å². The lowest BCUT2D eigenvalue weighted by molar-refractivity contribution is 0.0977. The smallest absolute Gasteiger partial charge is 0.198 e. The number of ether oxygens (including phenoxy) is 2. The molecule has 0 fully saturated rings. The monoisotopic (exact) mass is 417 g/mol. The Labute approximate surface area is 180 Å². The van der Waals surface area contributed by atoms with Gasteiger partial charge >= 0.3 is 0 Å². The van der Waals surface area contributed by atoms with Crippen molar-refractivity contribution in [1.29, 1.82) is 0 Å². The van der Waals surface area contributed by atoms with Crippen molar-refractivity contribution >= 4 is 17.3 Å². The molecule has 0 spiro atoms. The van der Waals surface area contributed by atoms with Gasteiger partial charge in [0.25, 0.3) is 0 Å². The van der Waals surface area contributed by atoms with Crippen LogP contribution in [0.2, 0.25) is 0 Å². The van der Waals surface area contributed by atoms with E-state index in [0.717, 1.165) is 25.0 Å². The quantitative estimate of drug-likeness (QED) is 0.246. The average Bonchev–Trinajstić information content (AvgIpc) is 2.78. The van der Waals surface area contributed by atoms with Crippen molar-refractivity contribution in [2.45, 2.75) is 26.2 Å². The Balaban J connectivity index is 1.61. The van der Waals surface area contributed by atoms with Crippen LogP contribution in [0.5, 0.6) is 23.0 Å². The van der Waals surface area contributed by atoms with Gasteiger partial charge in [0.1, 0.15) is 17.2 Å². The first-order valence-corrected chi connectivity index (χ1v) is 10.3. The van der Waals surface area contributed by atoms with Gasteiger partial charge in [0.2, 0.25) is 0 Å². The Bertz CT molecular complexity index is 1150. The molecule has 0 amide bonds. The Morgan fingerprint density at radius 1 is 0.871 bits per heavy atom. The molecule has 3 N–H and O–H groups in total. The molecule has 3 aromatic rings. The molecule has 31 heavy (non-hydrogen) atoms. The van der Waals surface area contributed by atoms with E-state index in [2.05, 4.69) is 6.92 Å². The molecule has 0 aromatic heterocycles. The first kappa shape index (κ1) is 20.5. The minimum absolute atomic E-state index is 0.0144. The minimum atomic E-state index is -0.439. The highest BCUT2D eigenvalue weighted by atomic mass is 16.5. The molecule has 0 radical (unpaired) electrons. The van der Waals surface area contributed by atoms with E-state index in [1.165, 1.54) is 6.07 Å². The summed E-state index contributed by atoms with van der Waals surface area (Å²) in [6.45, 7) is 2.79. The molecule has 0 heterocycles. The van der Waals surface area contributed by atoms with E-state index in [9.17, 15) is 14.7 Å². The fourth-order valence-electron chi connectivity index (χ4n) is 3.63. The van der Waals surface area contributed by atoms with Crippen LogP contribution in [0.1, 0.15) is 58.0 Å². The number of aromatic hydroxyl groups is 1. The maximum absolute atomic E-state index is 13.0. The second kappa shape index (κ2) is 8.52. The summed E-state index contributed by atoms with van der Waals surface area (Å²) in [5, 5.41) is 10.5. The van der Waals surface area contributed by atoms with Crippen LogP contribution in [0.3, 0.4) is 0 Å². The summed E-state index contributed by atoms with van der Waals surface area (Å²) in [6.07, 6.45) is 3.24. The molecule has 158 valence electrons. The Kier molecular flexibility index (Phi) is 5.62. The zero-order valence-electron chi connectivity index (χ0n) is 17.2. The van der Waals surface area contributed by atoms with Gasteiger partial charge in [-0.15, -0.1) is 0 Å². The van der Waals surface area contributed by atoms with Gasteiger partial charge < -0.3 is 20.3 Å². The zero-order chi connectivity index (χ0) is 22.0. The van der Waals surface area contributed by atoms with Crippen LogP contribution in [0.15, 0.2) is 54.6 Å². The third kappa shape index (κ3) is 3.84. The fraction of sp³-hybridized carbons (Fsp3) is 0.200. The summed E-state index contributed by atoms with van der Waals surface area (Å²) in [4.78, 5) is 25.8. The van der Waals surface area contributed by atoms with Gasteiger partial charge in [-0.1, -0.05) is 44.0 Å². The van der Waals surface area contributed by atoms with Gasteiger partial charge in [-0.3, -0.25) is 9.59 Å². The second-order valence-corrected chi connectivity index (χ2v) is 7.39. The van der Waals surface area contributed by atoms with E-state index >= 15 is 0 Å². The van der Waals surface area contributed by atoms with Crippen molar-refractivity contribution < 1.29 is 24.2 Å². The number of nitrogen functional groups attached to an aromatic ring is 1. The first-order valence-electron chi connectivity index (χ1n) is 10.3. The molecule has 6 nitrogen and oxygen atoms in total. The van der Waals surface area contributed by atoms with E-state index < -0.39 is 11.6 Å². The number of benzene rings is 3. The number of rotatable bonds is 7. The highest BCUT2D eigenvalue weighted by molar-refractivity contribution is 6.31. The predicted octanol–water partition coefficient (Wildman–Crippen LogP) is 5.11. The van der Waals surface area contributed by atoms with Gasteiger partial charge in [-0.25, -0.2) is 0 Å². The second-order valence-electron chi connectivity index (χ2n) is 7.39. The van der Waals surface area contributed by atoms with E-state index in [-0.39, 0.29) is 39.4 Å². The van der Waals surface area contributed by atoms with Crippen molar-refractivity contribution in [2.24, 2.45) is 0 Å². The predicted molar refractivity (Wildman–Crippen MR) is 117 cm³/mol. The molecule has 1 aliphatic rings. The topological polar surface area (TPSA) is 98.8 Å². The molecule has 0 saturated heterocycles. The van der Waals surface area contributed by atoms with Crippen molar-refractivity contribution in [3.05, 3.63) is 76.9 Å². The van der Waals surface area contributed by atoms with Crippen LogP contribution in [-0.4, -0.2) is 23.3 Å². The van der Waals surface area contributed by atoms with Crippen molar-refractivity contribution in [3.8, 4) is 23.0 Å². The number of ketones is 2. The summed E-state index contributed by atoms with van der Waals surface area (Å²) in [5.74, 6) is 0.0881. The molecule has 0 saturated carbocycles. The molecule has 0 atom stereocenters. The molecule has 0 aliphatic heterocycles. The van der Waals surface area contributed by atoms with E-state index in [4.69, 9.17) is 15.2 Å². The van der Waals surface area contributed by atoms with Crippen LogP contribution in [0.25, 0.3) is 0 Å². The van der Waals surface area contributed by atoms with Crippen LogP contribution >= 0.6 is 0 Å². The van der Waals surface area contributed by atoms with E-state index in [1.807, 2.05) is 0 Å². The number of fused-ring (bicyclic) bond motifs is 2. The lowest BCUT2D eigenvalue weighted by Gasteiger charge is -2.21. The number of unbranched alkanes of at least 4 members (excludes halogenated alkanes) is 2. The van der Waals surface area contributed by atoms with Gasteiger partial charge in [-0.2, -0.15) is 0 Å². The average molecular weight is 417 g/mol. The summed E-state index contributed by atoms with van der Waals surface area (Å²) in [6, 6.07) is 14.7. The van der Waals surface area contributed by atoms with Gasteiger partial charge in [0, 0.05) is 17.2 Å². The SMILES string of the molecule is CCCCCOc1ccc(Oc2cc(O)c3c(c2N)C(=O)c2ccccc2C3=O)cc1. The first-order chi connectivity index (χ1) is 15.0. The minimum Gasteiger partial charge on any atom is -0.507 e. The molecular weight excluding hydrogens is 394 g/mol. The molecule has 6 heteroatoms. The zero-order valence-corrected chi connectivity index (χ0v) is 17.2. The molecule has 0 bridgehead atoms. The summed E-state index contributed by atoms with van der Waals surface area (Å²) in [5.41, 5.74) is 6.61. The lowest BCUT2D eigenvalue weighted by atomic mass is 9.82. The maximum Gasteiger partial charge on any atom is 0.198 e. The lowest BCUT2D eigenvalue weighted by Crippen LogP contribution is -2.22. The molecule has 1 aliphatic carbocycles. The fourth-order valence-corrected chi connectivity index (χ4v) is 3.63. The highest BCUT2D eigenvalue weighted by Crippen LogP contribution is 2.42. The summed E-state index contributed by atoms with van der Waals surface area (Å²) in [7, 11) is 0. The van der Waals surface area contributed by atoms with Gasteiger partial charge in [0.15, 0.2) is 17.3 Å². The number of phenols is 1. The van der Waals surface area contributed by atoms with Gasteiger partial charge in [0.05, 0.1) is 23.4 Å². The van der Waals surface area contributed by atoms with Crippen molar-refractivity contribution in [2.75, 3.05) is 12.3 Å².